The van der Waals surface area contributed by atoms with Gasteiger partial charge in [0, 0.05) is 18.5 Å². The summed E-state index contributed by atoms with van der Waals surface area (Å²) in [7, 11) is 0. The number of likely N-dealkylation sites (tertiary alicyclic amines) is 1. The van der Waals surface area contributed by atoms with Crippen LogP contribution in [-0.4, -0.2) is 35.0 Å². The van der Waals surface area contributed by atoms with Crippen molar-refractivity contribution in [2.75, 3.05) is 13.1 Å². The second kappa shape index (κ2) is 5.38. The fourth-order valence-corrected chi connectivity index (χ4v) is 3.81. The highest BCUT2D eigenvalue weighted by molar-refractivity contribution is 5.85. The molecule has 1 N–H and O–H groups in total. The number of rotatable bonds is 4. The van der Waals surface area contributed by atoms with Crippen LogP contribution in [0, 0.1) is 16.7 Å². The van der Waals surface area contributed by atoms with Gasteiger partial charge in [0.1, 0.15) is 0 Å². The van der Waals surface area contributed by atoms with Crippen molar-refractivity contribution in [3.8, 4) is 0 Å². The van der Waals surface area contributed by atoms with Crippen LogP contribution in [0.25, 0.3) is 0 Å². The number of carbonyl (C=O) groups excluding carboxylic acids is 1. The van der Waals surface area contributed by atoms with Crippen LogP contribution in [0.1, 0.15) is 59.3 Å². The van der Waals surface area contributed by atoms with E-state index in [4.69, 9.17) is 0 Å². The Bertz CT molecular complexity index is 401. The van der Waals surface area contributed by atoms with Crippen molar-refractivity contribution in [3.63, 3.8) is 0 Å². The molecule has 1 aliphatic heterocycles. The van der Waals surface area contributed by atoms with Crippen LogP contribution in [0.4, 0.5) is 0 Å². The van der Waals surface area contributed by atoms with Crippen LogP contribution in [0.3, 0.4) is 0 Å². The summed E-state index contributed by atoms with van der Waals surface area (Å²) in [6, 6.07) is 0. The van der Waals surface area contributed by atoms with Crippen molar-refractivity contribution in [2.24, 2.45) is 16.7 Å². The molecule has 0 aromatic rings. The zero-order valence-electron chi connectivity index (χ0n) is 12.9. The van der Waals surface area contributed by atoms with E-state index in [-0.39, 0.29) is 11.3 Å². The van der Waals surface area contributed by atoms with Gasteiger partial charge in [-0.1, -0.05) is 20.3 Å². The van der Waals surface area contributed by atoms with Crippen molar-refractivity contribution in [1.29, 1.82) is 0 Å². The van der Waals surface area contributed by atoms with Crippen LogP contribution in [0.5, 0.6) is 0 Å². The molecular weight excluding hydrogens is 254 g/mol. The Balaban J connectivity index is 2.10. The molecule has 1 heterocycles. The summed E-state index contributed by atoms with van der Waals surface area (Å²) >= 11 is 0. The molecule has 1 unspecified atom stereocenters. The molecular formula is C16H27NO3. The molecule has 1 amide bonds. The fourth-order valence-electron chi connectivity index (χ4n) is 3.81. The summed E-state index contributed by atoms with van der Waals surface area (Å²) in [4.78, 5) is 26.1. The molecule has 0 aromatic heterocycles. The summed E-state index contributed by atoms with van der Waals surface area (Å²) in [6.45, 7) is 7.18. The number of carboxylic acid groups (broad SMARTS) is 1. The third kappa shape index (κ3) is 2.70. The van der Waals surface area contributed by atoms with Gasteiger partial charge in [0.2, 0.25) is 5.91 Å². The molecule has 4 nitrogen and oxygen atoms in total. The van der Waals surface area contributed by atoms with Crippen molar-refractivity contribution < 1.29 is 14.7 Å². The van der Waals surface area contributed by atoms with E-state index in [1.165, 1.54) is 0 Å². The quantitative estimate of drug-likeness (QED) is 0.862. The third-order valence-corrected chi connectivity index (χ3v) is 5.06. The normalized spacial score (nSPS) is 29.1. The maximum absolute atomic E-state index is 12.9. The molecule has 0 spiro atoms. The zero-order chi connectivity index (χ0) is 15.0. The Kier molecular flexibility index (Phi) is 4.12. The topological polar surface area (TPSA) is 57.6 Å². The first-order chi connectivity index (χ1) is 9.29. The molecule has 0 radical (unpaired) electrons. The lowest BCUT2D eigenvalue weighted by molar-refractivity contribution is -0.159. The highest BCUT2D eigenvalue weighted by Crippen LogP contribution is 2.48. The Morgan fingerprint density at radius 2 is 1.85 bits per heavy atom. The van der Waals surface area contributed by atoms with Gasteiger partial charge < -0.3 is 10.0 Å². The van der Waals surface area contributed by atoms with E-state index < -0.39 is 11.4 Å². The Labute approximate surface area is 121 Å². The largest absolute Gasteiger partial charge is 0.481 e. The molecule has 2 aliphatic rings. The average molecular weight is 281 g/mol. The zero-order valence-corrected chi connectivity index (χ0v) is 12.9. The number of nitrogens with zero attached hydrogens (tertiary/aromatic N) is 1. The number of amides is 1. The lowest BCUT2D eigenvalue weighted by atomic mass is 9.63. The van der Waals surface area contributed by atoms with Crippen molar-refractivity contribution in [3.05, 3.63) is 0 Å². The van der Waals surface area contributed by atoms with Crippen molar-refractivity contribution >= 4 is 11.9 Å². The highest BCUT2D eigenvalue weighted by Gasteiger charge is 2.49. The van der Waals surface area contributed by atoms with Gasteiger partial charge in [-0.25, -0.2) is 0 Å². The Morgan fingerprint density at radius 1 is 1.20 bits per heavy atom. The minimum Gasteiger partial charge on any atom is -0.481 e. The van der Waals surface area contributed by atoms with Crippen LogP contribution < -0.4 is 0 Å². The van der Waals surface area contributed by atoms with Gasteiger partial charge in [-0.2, -0.15) is 0 Å². The van der Waals surface area contributed by atoms with E-state index in [2.05, 4.69) is 13.8 Å². The molecule has 1 aliphatic carbocycles. The van der Waals surface area contributed by atoms with E-state index >= 15 is 0 Å². The van der Waals surface area contributed by atoms with E-state index in [1.54, 1.807) is 6.92 Å². The molecule has 1 saturated heterocycles. The second-order valence-electron chi connectivity index (χ2n) is 7.43. The first kappa shape index (κ1) is 15.3. The third-order valence-electron chi connectivity index (χ3n) is 5.06. The summed E-state index contributed by atoms with van der Waals surface area (Å²) < 4.78 is 0. The van der Waals surface area contributed by atoms with Crippen molar-refractivity contribution in [1.82, 2.24) is 4.90 Å². The Hall–Kier alpha value is -1.06. The standard InChI is InChI=1S/C16H27NO3/c1-12(2)10-16(7-4-8-16)13(18)17-9-5-6-15(3,11-17)14(19)20/h12H,4-11H2,1-3H3,(H,19,20). The molecule has 1 saturated carbocycles. The highest BCUT2D eigenvalue weighted by atomic mass is 16.4. The second-order valence-corrected chi connectivity index (χ2v) is 7.43. The number of hydrogen-bond donors (Lipinski definition) is 1. The number of carbonyl (C=O) groups is 2. The van der Waals surface area contributed by atoms with E-state index in [0.29, 0.717) is 18.9 Å². The van der Waals surface area contributed by atoms with Gasteiger partial charge in [0.25, 0.3) is 0 Å². The molecule has 0 bridgehead atoms. The predicted molar refractivity (Wildman–Crippen MR) is 77.3 cm³/mol. The molecule has 2 fully saturated rings. The predicted octanol–water partition coefficient (Wildman–Crippen LogP) is 2.92. The fraction of sp³-hybridized carbons (Fsp3) is 0.875. The molecule has 114 valence electrons. The summed E-state index contributed by atoms with van der Waals surface area (Å²) in [5, 5.41) is 9.38. The molecule has 0 aromatic carbocycles. The van der Waals surface area contributed by atoms with E-state index in [0.717, 1.165) is 38.6 Å². The summed E-state index contributed by atoms with van der Waals surface area (Å²) in [6.07, 6.45) is 5.48. The van der Waals surface area contributed by atoms with Gasteiger partial charge in [0.15, 0.2) is 0 Å². The van der Waals surface area contributed by atoms with Crippen LogP contribution in [0.2, 0.25) is 0 Å². The molecule has 2 rings (SSSR count). The van der Waals surface area contributed by atoms with Gasteiger partial charge >= 0.3 is 5.97 Å². The smallest absolute Gasteiger partial charge is 0.311 e. The number of carboxylic acids is 1. The minimum absolute atomic E-state index is 0.190. The average Bonchev–Trinajstić information content (AvgIpc) is 2.32. The van der Waals surface area contributed by atoms with E-state index in [1.807, 2.05) is 4.90 Å². The number of hydrogen-bond acceptors (Lipinski definition) is 2. The monoisotopic (exact) mass is 281 g/mol. The van der Waals surface area contributed by atoms with Crippen LogP contribution >= 0.6 is 0 Å². The van der Waals surface area contributed by atoms with Gasteiger partial charge in [-0.15, -0.1) is 0 Å². The first-order valence-corrected chi connectivity index (χ1v) is 7.82. The SMILES string of the molecule is CC(C)CC1(C(=O)N2CCCC(C)(C(=O)O)C2)CCC1. The first-order valence-electron chi connectivity index (χ1n) is 7.82. The van der Waals surface area contributed by atoms with Crippen LogP contribution in [0.15, 0.2) is 0 Å². The number of aliphatic carboxylic acids is 1. The lowest BCUT2D eigenvalue weighted by Gasteiger charge is -2.47. The van der Waals surface area contributed by atoms with Crippen LogP contribution in [-0.2, 0) is 9.59 Å². The Morgan fingerprint density at radius 3 is 2.30 bits per heavy atom. The maximum Gasteiger partial charge on any atom is 0.311 e. The van der Waals surface area contributed by atoms with Gasteiger partial charge in [-0.3, -0.25) is 9.59 Å². The maximum atomic E-state index is 12.9. The van der Waals surface area contributed by atoms with Crippen molar-refractivity contribution in [2.45, 2.75) is 59.3 Å². The van der Waals surface area contributed by atoms with Gasteiger partial charge in [0.05, 0.1) is 5.41 Å². The minimum atomic E-state index is -0.776. The lowest BCUT2D eigenvalue weighted by Crippen LogP contribution is -2.55. The molecule has 20 heavy (non-hydrogen) atoms. The van der Waals surface area contributed by atoms with E-state index in [9.17, 15) is 14.7 Å². The molecule has 1 atom stereocenters. The van der Waals surface area contributed by atoms with Gasteiger partial charge in [-0.05, 0) is 44.9 Å². The summed E-state index contributed by atoms with van der Waals surface area (Å²) in [5.74, 6) is -0.0546. The number of piperidine rings is 1. The summed E-state index contributed by atoms with van der Waals surface area (Å²) in [5.41, 5.74) is -0.957. The molecule has 4 heteroatoms.